The SMILES string of the molecule is CCn1c(C)cc(C(=O)N(C)CC2CCCCC2O)c1C. The first-order valence-corrected chi connectivity index (χ1v) is 8.06. The summed E-state index contributed by atoms with van der Waals surface area (Å²) >= 11 is 0. The van der Waals surface area contributed by atoms with Crippen LogP contribution in [0.5, 0.6) is 0 Å². The molecule has 1 aliphatic carbocycles. The molecule has 1 heterocycles. The molecule has 2 atom stereocenters. The fourth-order valence-corrected chi connectivity index (χ4v) is 3.55. The second kappa shape index (κ2) is 6.65. The van der Waals surface area contributed by atoms with Crippen LogP contribution in [0.4, 0.5) is 0 Å². The number of carbonyl (C=O) groups excluding carboxylic acids is 1. The zero-order valence-corrected chi connectivity index (χ0v) is 13.7. The van der Waals surface area contributed by atoms with E-state index in [0.29, 0.717) is 6.54 Å². The van der Waals surface area contributed by atoms with Gasteiger partial charge in [0.1, 0.15) is 0 Å². The molecule has 1 fully saturated rings. The average Bonchev–Trinajstić information content (AvgIpc) is 2.75. The highest BCUT2D eigenvalue weighted by Crippen LogP contribution is 2.25. The highest BCUT2D eigenvalue weighted by molar-refractivity contribution is 5.95. The quantitative estimate of drug-likeness (QED) is 0.927. The van der Waals surface area contributed by atoms with Gasteiger partial charge in [-0.05, 0) is 39.7 Å². The van der Waals surface area contributed by atoms with Gasteiger partial charge in [0, 0.05) is 37.4 Å². The second-order valence-electron chi connectivity index (χ2n) is 6.33. The summed E-state index contributed by atoms with van der Waals surface area (Å²) in [4.78, 5) is 14.4. The Morgan fingerprint density at radius 2 is 2.05 bits per heavy atom. The number of carbonyl (C=O) groups is 1. The van der Waals surface area contributed by atoms with Crippen LogP contribution >= 0.6 is 0 Å². The highest BCUT2D eigenvalue weighted by atomic mass is 16.3. The smallest absolute Gasteiger partial charge is 0.255 e. The lowest BCUT2D eigenvalue weighted by Crippen LogP contribution is -2.38. The minimum absolute atomic E-state index is 0.0700. The fourth-order valence-electron chi connectivity index (χ4n) is 3.55. The number of rotatable bonds is 4. The number of hydrogen-bond acceptors (Lipinski definition) is 2. The van der Waals surface area contributed by atoms with Crippen LogP contribution in [-0.4, -0.2) is 40.2 Å². The molecular formula is C17H28N2O2. The molecule has 1 aromatic heterocycles. The Labute approximate surface area is 127 Å². The number of aliphatic hydroxyl groups excluding tert-OH is 1. The van der Waals surface area contributed by atoms with E-state index in [-0.39, 0.29) is 17.9 Å². The van der Waals surface area contributed by atoms with Crippen molar-refractivity contribution in [1.82, 2.24) is 9.47 Å². The van der Waals surface area contributed by atoms with E-state index in [1.54, 1.807) is 4.90 Å². The first-order chi connectivity index (χ1) is 9.95. The molecule has 21 heavy (non-hydrogen) atoms. The minimum atomic E-state index is -0.253. The van der Waals surface area contributed by atoms with Crippen molar-refractivity contribution in [2.45, 2.75) is 59.1 Å². The van der Waals surface area contributed by atoms with Crippen molar-refractivity contribution >= 4 is 5.91 Å². The van der Waals surface area contributed by atoms with Gasteiger partial charge in [-0.3, -0.25) is 4.79 Å². The number of amides is 1. The van der Waals surface area contributed by atoms with Crippen LogP contribution in [-0.2, 0) is 6.54 Å². The molecule has 4 nitrogen and oxygen atoms in total. The van der Waals surface area contributed by atoms with Gasteiger partial charge in [0.15, 0.2) is 0 Å². The van der Waals surface area contributed by atoms with Crippen molar-refractivity contribution in [3.63, 3.8) is 0 Å². The summed E-state index contributed by atoms with van der Waals surface area (Å²) in [5.41, 5.74) is 2.96. The average molecular weight is 292 g/mol. The van der Waals surface area contributed by atoms with Crippen LogP contribution in [0.3, 0.4) is 0 Å². The number of aromatic nitrogens is 1. The Morgan fingerprint density at radius 1 is 1.38 bits per heavy atom. The summed E-state index contributed by atoms with van der Waals surface area (Å²) in [6.45, 7) is 7.67. The third kappa shape index (κ3) is 3.31. The second-order valence-corrected chi connectivity index (χ2v) is 6.33. The van der Waals surface area contributed by atoms with E-state index < -0.39 is 0 Å². The van der Waals surface area contributed by atoms with Gasteiger partial charge in [-0.25, -0.2) is 0 Å². The summed E-state index contributed by atoms with van der Waals surface area (Å²) in [5.74, 6) is 0.294. The van der Waals surface area contributed by atoms with E-state index in [1.807, 2.05) is 27.0 Å². The molecule has 0 spiro atoms. The van der Waals surface area contributed by atoms with Crippen molar-refractivity contribution < 1.29 is 9.90 Å². The number of aliphatic hydroxyl groups is 1. The topological polar surface area (TPSA) is 45.5 Å². The predicted octanol–water partition coefficient (Wildman–Crippen LogP) is 2.75. The number of aryl methyl sites for hydroxylation is 1. The van der Waals surface area contributed by atoms with Gasteiger partial charge >= 0.3 is 0 Å². The van der Waals surface area contributed by atoms with E-state index in [2.05, 4.69) is 11.5 Å². The lowest BCUT2D eigenvalue weighted by Gasteiger charge is -2.31. The molecule has 0 bridgehead atoms. The molecule has 0 aromatic carbocycles. The zero-order valence-electron chi connectivity index (χ0n) is 13.7. The van der Waals surface area contributed by atoms with Crippen LogP contribution in [0, 0.1) is 19.8 Å². The van der Waals surface area contributed by atoms with Crippen LogP contribution in [0.15, 0.2) is 6.07 Å². The normalized spacial score (nSPS) is 22.3. The maximum Gasteiger partial charge on any atom is 0.255 e. The molecule has 0 radical (unpaired) electrons. The van der Waals surface area contributed by atoms with Crippen LogP contribution in [0.25, 0.3) is 0 Å². The standard InChI is InChI=1S/C17H28N2O2/c1-5-19-12(2)10-15(13(19)3)17(21)18(4)11-14-8-6-7-9-16(14)20/h10,14,16,20H,5-9,11H2,1-4H3. The van der Waals surface area contributed by atoms with E-state index >= 15 is 0 Å². The van der Waals surface area contributed by atoms with Gasteiger partial charge in [0.2, 0.25) is 0 Å². The molecule has 2 unspecified atom stereocenters. The summed E-state index contributed by atoms with van der Waals surface area (Å²) in [7, 11) is 1.85. The summed E-state index contributed by atoms with van der Waals surface area (Å²) in [6.07, 6.45) is 3.90. The van der Waals surface area contributed by atoms with Gasteiger partial charge in [-0.15, -0.1) is 0 Å². The van der Waals surface area contributed by atoms with Crippen LogP contribution in [0.1, 0.15) is 54.4 Å². The van der Waals surface area contributed by atoms with Crippen LogP contribution < -0.4 is 0 Å². The van der Waals surface area contributed by atoms with Crippen molar-refractivity contribution in [1.29, 1.82) is 0 Å². The molecule has 1 aliphatic rings. The molecule has 4 heteroatoms. The number of hydrogen-bond donors (Lipinski definition) is 1. The van der Waals surface area contributed by atoms with Crippen molar-refractivity contribution in [2.75, 3.05) is 13.6 Å². The molecule has 1 N–H and O–H groups in total. The molecule has 2 rings (SSSR count). The Bertz CT molecular complexity index is 507. The highest BCUT2D eigenvalue weighted by Gasteiger charge is 2.27. The molecule has 1 saturated carbocycles. The van der Waals surface area contributed by atoms with Gasteiger partial charge < -0.3 is 14.6 Å². The Hall–Kier alpha value is -1.29. The number of nitrogens with zero attached hydrogens (tertiary/aromatic N) is 2. The summed E-state index contributed by atoms with van der Waals surface area (Å²) < 4.78 is 2.16. The maximum absolute atomic E-state index is 12.7. The maximum atomic E-state index is 12.7. The third-order valence-electron chi connectivity index (χ3n) is 4.84. The van der Waals surface area contributed by atoms with Gasteiger partial charge in [0.25, 0.3) is 5.91 Å². The molecular weight excluding hydrogens is 264 g/mol. The van der Waals surface area contributed by atoms with Crippen LogP contribution in [0.2, 0.25) is 0 Å². The van der Waals surface area contributed by atoms with Gasteiger partial charge in [-0.1, -0.05) is 12.8 Å². The summed E-state index contributed by atoms with van der Waals surface area (Å²) in [6, 6.07) is 1.98. The van der Waals surface area contributed by atoms with E-state index in [4.69, 9.17) is 0 Å². The Morgan fingerprint density at radius 3 is 2.62 bits per heavy atom. The first kappa shape index (κ1) is 16.1. The van der Waals surface area contributed by atoms with Gasteiger partial charge in [-0.2, -0.15) is 0 Å². The van der Waals surface area contributed by atoms with E-state index in [0.717, 1.165) is 49.2 Å². The summed E-state index contributed by atoms with van der Waals surface area (Å²) in [5, 5.41) is 10.1. The lowest BCUT2D eigenvalue weighted by molar-refractivity contribution is 0.0451. The first-order valence-electron chi connectivity index (χ1n) is 8.06. The molecule has 1 amide bonds. The molecule has 118 valence electrons. The Kier molecular flexibility index (Phi) is 5.09. The third-order valence-corrected chi connectivity index (χ3v) is 4.84. The van der Waals surface area contributed by atoms with Crippen molar-refractivity contribution in [3.05, 3.63) is 23.0 Å². The van der Waals surface area contributed by atoms with E-state index in [1.165, 1.54) is 0 Å². The zero-order chi connectivity index (χ0) is 15.6. The van der Waals surface area contributed by atoms with Gasteiger partial charge in [0.05, 0.1) is 11.7 Å². The predicted molar refractivity (Wildman–Crippen MR) is 84.5 cm³/mol. The molecule has 0 aliphatic heterocycles. The molecule has 0 saturated heterocycles. The van der Waals surface area contributed by atoms with E-state index in [9.17, 15) is 9.90 Å². The lowest BCUT2D eigenvalue weighted by atomic mass is 9.86. The molecule has 1 aromatic rings. The van der Waals surface area contributed by atoms with Crippen molar-refractivity contribution in [3.8, 4) is 0 Å². The minimum Gasteiger partial charge on any atom is -0.393 e. The van der Waals surface area contributed by atoms with Crippen molar-refractivity contribution in [2.24, 2.45) is 5.92 Å². The largest absolute Gasteiger partial charge is 0.393 e. The monoisotopic (exact) mass is 292 g/mol. The Balaban J connectivity index is 2.08. The fraction of sp³-hybridized carbons (Fsp3) is 0.706.